The second-order valence-electron chi connectivity index (χ2n) is 3.85. The third-order valence-electron chi connectivity index (χ3n) is 2.32. The molecule has 0 aromatic heterocycles. The van der Waals surface area contributed by atoms with Gasteiger partial charge in [-0.3, -0.25) is 0 Å². The highest BCUT2D eigenvalue weighted by molar-refractivity contribution is 9.10. The van der Waals surface area contributed by atoms with Gasteiger partial charge in [0, 0.05) is 16.9 Å². The van der Waals surface area contributed by atoms with E-state index in [1.807, 2.05) is 18.2 Å². The van der Waals surface area contributed by atoms with Crippen molar-refractivity contribution in [2.45, 2.75) is 13.5 Å². The summed E-state index contributed by atoms with van der Waals surface area (Å²) in [5.74, 6) is 2.06. The topological polar surface area (TPSA) is 21.3 Å². The van der Waals surface area contributed by atoms with Gasteiger partial charge in [-0.05, 0) is 36.2 Å². The molecule has 0 amide bonds. The first-order valence-corrected chi connectivity index (χ1v) is 6.59. The zero-order valence-electron chi connectivity index (χ0n) is 9.59. The number of rotatable bonds is 6. The van der Waals surface area contributed by atoms with Crippen molar-refractivity contribution >= 4 is 27.5 Å². The number of benzene rings is 1. The maximum atomic E-state index is 5.74. The van der Waals surface area contributed by atoms with E-state index in [2.05, 4.69) is 28.2 Å². The lowest BCUT2D eigenvalue weighted by molar-refractivity contribution is 0.414. The summed E-state index contributed by atoms with van der Waals surface area (Å²) in [6.45, 7) is 3.87. The summed E-state index contributed by atoms with van der Waals surface area (Å²) in [4.78, 5) is 0. The minimum Gasteiger partial charge on any atom is -0.497 e. The number of hydrogen-bond acceptors (Lipinski definition) is 2. The van der Waals surface area contributed by atoms with Crippen LogP contribution in [0, 0.1) is 5.92 Å². The first-order valence-electron chi connectivity index (χ1n) is 5.26. The van der Waals surface area contributed by atoms with E-state index in [0.29, 0.717) is 11.8 Å². The van der Waals surface area contributed by atoms with Gasteiger partial charge in [0.15, 0.2) is 0 Å². The molecule has 1 N–H and O–H groups in total. The van der Waals surface area contributed by atoms with Crippen LogP contribution < -0.4 is 10.1 Å². The summed E-state index contributed by atoms with van der Waals surface area (Å²) in [5, 5.41) is 3.37. The molecule has 4 heteroatoms. The normalized spacial score (nSPS) is 12.5. The molecule has 90 valence electrons. The molecule has 1 aromatic rings. The summed E-state index contributed by atoms with van der Waals surface area (Å²) in [7, 11) is 1.68. The van der Waals surface area contributed by atoms with Gasteiger partial charge in [-0.25, -0.2) is 0 Å². The Morgan fingerprint density at radius 3 is 2.88 bits per heavy atom. The molecule has 0 heterocycles. The molecule has 0 saturated heterocycles. The van der Waals surface area contributed by atoms with Crippen LogP contribution in [0.5, 0.6) is 5.75 Å². The highest BCUT2D eigenvalue weighted by Crippen LogP contribution is 2.22. The number of methoxy groups -OCH3 is 1. The largest absolute Gasteiger partial charge is 0.497 e. The lowest BCUT2D eigenvalue weighted by Crippen LogP contribution is -2.21. The number of nitrogens with one attached hydrogen (secondary N) is 1. The Labute approximate surface area is 110 Å². The van der Waals surface area contributed by atoms with Crippen LogP contribution in [0.3, 0.4) is 0 Å². The Hall–Kier alpha value is -0.250. The van der Waals surface area contributed by atoms with Gasteiger partial charge in [0.1, 0.15) is 5.75 Å². The zero-order chi connectivity index (χ0) is 12.0. The number of alkyl halides is 1. The maximum absolute atomic E-state index is 5.74. The van der Waals surface area contributed by atoms with Gasteiger partial charge in [-0.2, -0.15) is 0 Å². The molecule has 1 atom stereocenters. The van der Waals surface area contributed by atoms with E-state index in [9.17, 15) is 0 Å². The lowest BCUT2D eigenvalue weighted by Gasteiger charge is -2.11. The third kappa shape index (κ3) is 4.32. The zero-order valence-corrected chi connectivity index (χ0v) is 11.9. The smallest absolute Gasteiger partial charge is 0.119 e. The van der Waals surface area contributed by atoms with Crippen molar-refractivity contribution in [2.24, 2.45) is 5.92 Å². The Balaban J connectivity index is 2.52. The quantitative estimate of drug-likeness (QED) is 0.813. The van der Waals surface area contributed by atoms with E-state index in [0.717, 1.165) is 23.3 Å². The minimum atomic E-state index is 0.492. The summed E-state index contributed by atoms with van der Waals surface area (Å²) in [5.41, 5.74) is 1.20. The fourth-order valence-corrected chi connectivity index (χ4v) is 1.82. The van der Waals surface area contributed by atoms with E-state index in [1.54, 1.807) is 7.11 Å². The van der Waals surface area contributed by atoms with Crippen molar-refractivity contribution in [3.8, 4) is 5.75 Å². The van der Waals surface area contributed by atoms with E-state index < -0.39 is 0 Å². The van der Waals surface area contributed by atoms with Crippen LogP contribution in [-0.4, -0.2) is 19.5 Å². The molecule has 0 fully saturated rings. The molecule has 0 saturated carbocycles. The number of ether oxygens (including phenoxy) is 1. The van der Waals surface area contributed by atoms with Crippen LogP contribution in [0.25, 0.3) is 0 Å². The van der Waals surface area contributed by atoms with Gasteiger partial charge < -0.3 is 10.1 Å². The minimum absolute atomic E-state index is 0.492. The van der Waals surface area contributed by atoms with Crippen LogP contribution in [-0.2, 0) is 6.54 Å². The Morgan fingerprint density at radius 2 is 2.25 bits per heavy atom. The van der Waals surface area contributed by atoms with Crippen LogP contribution in [0.4, 0.5) is 0 Å². The second kappa shape index (κ2) is 7.15. The molecule has 0 aliphatic heterocycles. The fraction of sp³-hybridized carbons (Fsp3) is 0.500. The van der Waals surface area contributed by atoms with Crippen LogP contribution in [0.1, 0.15) is 12.5 Å². The van der Waals surface area contributed by atoms with Crippen LogP contribution in [0.15, 0.2) is 22.7 Å². The summed E-state index contributed by atoms with van der Waals surface area (Å²) < 4.78 is 6.29. The number of halogens is 2. The average molecular weight is 307 g/mol. The molecule has 0 aliphatic carbocycles. The van der Waals surface area contributed by atoms with Gasteiger partial charge in [0.2, 0.25) is 0 Å². The van der Waals surface area contributed by atoms with E-state index in [-0.39, 0.29) is 0 Å². The van der Waals surface area contributed by atoms with Gasteiger partial charge in [-0.1, -0.05) is 22.9 Å². The summed E-state index contributed by atoms with van der Waals surface area (Å²) in [6.07, 6.45) is 0. The van der Waals surface area contributed by atoms with E-state index in [4.69, 9.17) is 16.3 Å². The predicted molar refractivity (Wildman–Crippen MR) is 72.3 cm³/mol. The Morgan fingerprint density at radius 1 is 1.50 bits per heavy atom. The SMILES string of the molecule is COc1ccc(Br)c(CNCC(C)CCl)c1. The van der Waals surface area contributed by atoms with Crippen molar-refractivity contribution in [1.82, 2.24) is 5.32 Å². The average Bonchev–Trinajstić information content (AvgIpc) is 2.31. The Bertz CT molecular complexity index is 333. The Kier molecular flexibility index (Phi) is 6.17. The van der Waals surface area contributed by atoms with Gasteiger partial charge in [0.05, 0.1) is 7.11 Å². The van der Waals surface area contributed by atoms with Crippen LogP contribution >= 0.6 is 27.5 Å². The van der Waals surface area contributed by atoms with Crippen LogP contribution in [0.2, 0.25) is 0 Å². The lowest BCUT2D eigenvalue weighted by atomic mass is 10.2. The van der Waals surface area contributed by atoms with Crippen molar-refractivity contribution in [3.05, 3.63) is 28.2 Å². The molecule has 0 spiro atoms. The maximum Gasteiger partial charge on any atom is 0.119 e. The highest BCUT2D eigenvalue weighted by Gasteiger charge is 2.03. The van der Waals surface area contributed by atoms with E-state index >= 15 is 0 Å². The van der Waals surface area contributed by atoms with Crippen molar-refractivity contribution in [1.29, 1.82) is 0 Å². The molecule has 0 bridgehead atoms. The number of hydrogen-bond donors (Lipinski definition) is 1. The standard InChI is InChI=1S/C12H17BrClNO/c1-9(6-14)7-15-8-10-5-11(16-2)3-4-12(10)13/h3-5,9,15H,6-8H2,1-2H3. The molecule has 0 aliphatic rings. The third-order valence-corrected chi connectivity index (χ3v) is 3.62. The fourth-order valence-electron chi connectivity index (χ4n) is 1.32. The first kappa shape index (κ1) is 13.8. The summed E-state index contributed by atoms with van der Waals surface area (Å²) >= 11 is 9.27. The summed E-state index contributed by atoms with van der Waals surface area (Å²) in [6, 6.07) is 5.97. The molecule has 2 nitrogen and oxygen atoms in total. The van der Waals surface area contributed by atoms with Crippen molar-refractivity contribution < 1.29 is 4.74 Å². The molecule has 1 aromatic carbocycles. The van der Waals surface area contributed by atoms with E-state index in [1.165, 1.54) is 5.56 Å². The van der Waals surface area contributed by atoms with Crippen molar-refractivity contribution in [3.63, 3.8) is 0 Å². The monoisotopic (exact) mass is 305 g/mol. The predicted octanol–water partition coefficient (Wildman–Crippen LogP) is 3.42. The van der Waals surface area contributed by atoms with Crippen molar-refractivity contribution in [2.75, 3.05) is 19.5 Å². The first-order chi connectivity index (χ1) is 7.67. The molecule has 0 radical (unpaired) electrons. The second-order valence-corrected chi connectivity index (χ2v) is 5.01. The molecule has 1 unspecified atom stereocenters. The van der Waals surface area contributed by atoms with Gasteiger partial charge >= 0.3 is 0 Å². The molecule has 1 rings (SSSR count). The highest BCUT2D eigenvalue weighted by atomic mass is 79.9. The molecule has 16 heavy (non-hydrogen) atoms. The van der Waals surface area contributed by atoms with Gasteiger partial charge in [-0.15, -0.1) is 11.6 Å². The molecular formula is C12H17BrClNO. The molecular weight excluding hydrogens is 289 g/mol. The van der Waals surface area contributed by atoms with Gasteiger partial charge in [0.25, 0.3) is 0 Å².